The molecule has 0 bridgehead atoms. The first-order chi connectivity index (χ1) is 14.5. The average molecular weight is 416 g/mol. The van der Waals surface area contributed by atoms with Crippen molar-refractivity contribution in [3.8, 4) is 5.88 Å². The number of benzene rings is 1. The highest BCUT2D eigenvalue weighted by Crippen LogP contribution is 2.27. The first kappa shape index (κ1) is 20.1. The van der Waals surface area contributed by atoms with Gasteiger partial charge < -0.3 is 14.2 Å². The smallest absolute Gasteiger partial charge is 0.347 e. The highest BCUT2D eigenvalue weighted by Gasteiger charge is 2.19. The van der Waals surface area contributed by atoms with E-state index in [1.54, 1.807) is 13.2 Å². The SMILES string of the molecule is Cn1ccc(CN2CCN(c3ccc4ncnc(OCC(F)F)c4c3)CC2)nc1=O. The molecule has 0 amide bonds. The van der Waals surface area contributed by atoms with Gasteiger partial charge in [-0.2, -0.15) is 4.98 Å². The first-order valence-corrected chi connectivity index (χ1v) is 9.65. The van der Waals surface area contributed by atoms with E-state index in [-0.39, 0.29) is 11.6 Å². The molecule has 3 aromatic rings. The number of rotatable bonds is 6. The number of aryl methyl sites for hydroxylation is 1. The molecule has 8 nitrogen and oxygen atoms in total. The van der Waals surface area contributed by atoms with Gasteiger partial charge in [0, 0.05) is 51.7 Å². The van der Waals surface area contributed by atoms with Gasteiger partial charge in [0.25, 0.3) is 6.43 Å². The van der Waals surface area contributed by atoms with Crippen molar-refractivity contribution in [3.63, 3.8) is 0 Å². The maximum absolute atomic E-state index is 12.5. The van der Waals surface area contributed by atoms with E-state index < -0.39 is 13.0 Å². The van der Waals surface area contributed by atoms with E-state index in [2.05, 4.69) is 24.8 Å². The van der Waals surface area contributed by atoms with Crippen molar-refractivity contribution < 1.29 is 13.5 Å². The number of piperazine rings is 1. The van der Waals surface area contributed by atoms with Crippen molar-refractivity contribution >= 4 is 16.6 Å². The van der Waals surface area contributed by atoms with Gasteiger partial charge in [0.2, 0.25) is 5.88 Å². The van der Waals surface area contributed by atoms with Crippen molar-refractivity contribution in [2.24, 2.45) is 7.05 Å². The third-order valence-corrected chi connectivity index (χ3v) is 5.08. The molecule has 1 aliphatic rings. The summed E-state index contributed by atoms with van der Waals surface area (Å²) in [6, 6.07) is 7.55. The van der Waals surface area contributed by atoms with Gasteiger partial charge in [-0.1, -0.05) is 0 Å². The molecule has 1 aromatic carbocycles. The van der Waals surface area contributed by atoms with Crippen LogP contribution in [0, 0.1) is 0 Å². The maximum Gasteiger partial charge on any atom is 0.347 e. The Bertz CT molecular complexity index is 1080. The van der Waals surface area contributed by atoms with Crippen molar-refractivity contribution in [1.82, 2.24) is 24.4 Å². The summed E-state index contributed by atoms with van der Waals surface area (Å²) < 4.78 is 31.7. The van der Waals surface area contributed by atoms with Crippen LogP contribution in [0.5, 0.6) is 5.88 Å². The van der Waals surface area contributed by atoms with E-state index in [1.165, 1.54) is 10.9 Å². The fraction of sp³-hybridized carbons (Fsp3) is 0.400. The molecule has 0 unspecified atom stereocenters. The number of alkyl halides is 2. The van der Waals surface area contributed by atoms with Gasteiger partial charge in [0.1, 0.15) is 6.33 Å². The van der Waals surface area contributed by atoms with Gasteiger partial charge >= 0.3 is 5.69 Å². The van der Waals surface area contributed by atoms with Crippen LogP contribution in [0.25, 0.3) is 10.9 Å². The van der Waals surface area contributed by atoms with Gasteiger partial charge in [0.15, 0.2) is 6.61 Å². The molecule has 0 atom stereocenters. The molecule has 2 aromatic heterocycles. The van der Waals surface area contributed by atoms with Crippen molar-refractivity contribution in [3.05, 3.63) is 53.0 Å². The molecule has 0 N–H and O–H groups in total. The van der Waals surface area contributed by atoms with Gasteiger partial charge in [-0.05, 0) is 24.3 Å². The summed E-state index contributed by atoms with van der Waals surface area (Å²) in [4.78, 5) is 28.5. The Kier molecular flexibility index (Phi) is 5.84. The number of anilines is 1. The zero-order valence-electron chi connectivity index (χ0n) is 16.5. The molecule has 4 rings (SSSR count). The van der Waals surface area contributed by atoms with Crippen LogP contribution in [0.1, 0.15) is 5.69 Å². The van der Waals surface area contributed by atoms with E-state index in [4.69, 9.17) is 4.74 Å². The Morgan fingerprint density at radius 3 is 2.67 bits per heavy atom. The zero-order chi connectivity index (χ0) is 21.1. The minimum atomic E-state index is -2.56. The number of halogens is 2. The Labute approximate surface area is 171 Å². The Hall–Kier alpha value is -3.14. The summed E-state index contributed by atoms with van der Waals surface area (Å²) in [5.41, 5.74) is 2.11. The second-order valence-electron chi connectivity index (χ2n) is 7.16. The summed E-state index contributed by atoms with van der Waals surface area (Å²) in [5.74, 6) is 0.164. The van der Waals surface area contributed by atoms with Crippen LogP contribution in [0.2, 0.25) is 0 Å². The highest BCUT2D eigenvalue weighted by molar-refractivity contribution is 5.86. The lowest BCUT2D eigenvalue weighted by molar-refractivity contribution is 0.0804. The third-order valence-electron chi connectivity index (χ3n) is 5.08. The van der Waals surface area contributed by atoms with E-state index in [1.807, 2.05) is 24.3 Å². The van der Waals surface area contributed by atoms with Crippen LogP contribution < -0.4 is 15.3 Å². The van der Waals surface area contributed by atoms with E-state index >= 15 is 0 Å². The number of nitrogens with zero attached hydrogens (tertiary/aromatic N) is 6. The summed E-state index contributed by atoms with van der Waals surface area (Å²) in [5, 5.41) is 0.613. The summed E-state index contributed by atoms with van der Waals surface area (Å²) in [7, 11) is 1.68. The third kappa shape index (κ3) is 4.54. The molecule has 0 radical (unpaired) electrons. The second-order valence-corrected chi connectivity index (χ2v) is 7.16. The zero-order valence-corrected chi connectivity index (χ0v) is 16.5. The summed E-state index contributed by atoms with van der Waals surface area (Å²) in [6.45, 7) is 3.13. The fourth-order valence-corrected chi connectivity index (χ4v) is 3.46. The Balaban J connectivity index is 1.44. The largest absolute Gasteiger partial charge is 0.471 e. The molecule has 30 heavy (non-hydrogen) atoms. The standard InChI is InChI=1S/C20H22F2N6O2/c1-26-5-4-14(25-20(26)29)11-27-6-8-28(9-7-27)15-2-3-17-16(10-15)19(24-13-23-17)30-12-18(21)22/h2-5,10,13,18H,6-9,11-12H2,1H3. The fourth-order valence-electron chi connectivity index (χ4n) is 3.46. The normalized spacial score (nSPS) is 15.1. The molecule has 0 aliphatic carbocycles. The molecule has 1 aliphatic heterocycles. The second kappa shape index (κ2) is 8.70. The van der Waals surface area contributed by atoms with Gasteiger partial charge in [-0.15, -0.1) is 0 Å². The van der Waals surface area contributed by atoms with E-state index in [0.717, 1.165) is 37.6 Å². The van der Waals surface area contributed by atoms with Crippen molar-refractivity contribution in [2.45, 2.75) is 13.0 Å². The Morgan fingerprint density at radius 1 is 1.13 bits per heavy atom. The lowest BCUT2D eigenvalue weighted by atomic mass is 10.2. The number of hydrogen-bond donors (Lipinski definition) is 0. The Morgan fingerprint density at radius 2 is 1.93 bits per heavy atom. The van der Waals surface area contributed by atoms with Crippen LogP contribution in [0.15, 0.2) is 41.6 Å². The molecule has 158 valence electrons. The topological polar surface area (TPSA) is 76.4 Å². The molecular formula is C20H22F2N6O2. The van der Waals surface area contributed by atoms with Crippen molar-refractivity contribution in [2.75, 3.05) is 37.7 Å². The number of fused-ring (bicyclic) bond motifs is 1. The van der Waals surface area contributed by atoms with Gasteiger partial charge in [-0.25, -0.2) is 23.5 Å². The molecule has 0 saturated carbocycles. The van der Waals surface area contributed by atoms with Crippen LogP contribution in [-0.4, -0.2) is 63.6 Å². The van der Waals surface area contributed by atoms with Gasteiger partial charge in [0.05, 0.1) is 16.6 Å². The van der Waals surface area contributed by atoms with Crippen molar-refractivity contribution in [1.29, 1.82) is 0 Å². The minimum absolute atomic E-state index is 0.164. The summed E-state index contributed by atoms with van der Waals surface area (Å²) in [6.07, 6.45) is 0.476. The molecule has 3 heterocycles. The monoisotopic (exact) mass is 416 g/mol. The van der Waals surface area contributed by atoms with E-state index in [0.29, 0.717) is 17.4 Å². The van der Waals surface area contributed by atoms with Crippen LogP contribution in [-0.2, 0) is 13.6 Å². The maximum atomic E-state index is 12.5. The highest BCUT2D eigenvalue weighted by atomic mass is 19.3. The number of hydrogen-bond acceptors (Lipinski definition) is 7. The van der Waals surface area contributed by atoms with Gasteiger partial charge in [-0.3, -0.25) is 4.90 Å². The minimum Gasteiger partial charge on any atom is -0.471 e. The van der Waals surface area contributed by atoms with Crippen LogP contribution in [0.4, 0.5) is 14.5 Å². The molecule has 0 spiro atoms. The quantitative estimate of drug-likeness (QED) is 0.605. The summed E-state index contributed by atoms with van der Waals surface area (Å²) >= 11 is 0. The predicted octanol–water partition coefficient (Wildman–Crippen LogP) is 1.69. The van der Waals surface area contributed by atoms with Crippen LogP contribution in [0.3, 0.4) is 0 Å². The molecule has 1 fully saturated rings. The molecule has 1 saturated heterocycles. The molecular weight excluding hydrogens is 394 g/mol. The number of ether oxygens (including phenoxy) is 1. The lowest BCUT2D eigenvalue weighted by Crippen LogP contribution is -2.46. The first-order valence-electron chi connectivity index (χ1n) is 9.65. The van der Waals surface area contributed by atoms with Crippen LogP contribution >= 0.6 is 0 Å². The predicted molar refractivity (Wildman–Crippen MR) is 108 cm³/mol. The lowest BCUT2D eigenvalue weighted by Gasteiger charge is -2.36. The number of aromatic nitrogens is 4. The molecule has 10 heteroatoms. The van der Waals surface area contributed by atoms with E-state index in [9.17, 15) is 13.6 Å². The average Bonchev–Trinajstić information content (AvgIpc) is 2.75.